The molecule has 0 aliphatic heterocycles. The van der Waals surface area contributed by atoms with Crippen LogP contribution in [0.5, 0.6) is 5.75 Å². The van der Waals surface area contributed by atoms with E-state index in [1.54, 1.807) is 24.5 Å². The van der Waals surface area contributed by atoms with Gasteiger partial charge in [0.05, 0.1) is 18.0 Å². The molecule has 0 bridgehead atoms. The van der Waals surface area contributed by atoms with Gasteiger partial charge in [0.1, 0.15) is 5.56 Å². The van der Waals surface area contributed by atoms with E-state index in [-0.39, 0.29) is 11.6 Å². The zero-order chi connectivity index (χ0) is 22.4. The average Bonchev–Trinajstić information content (AvgIpc) is 3.54. The van der Waals surface area contributed by atoms with Crippen molar-refractivity contribution < 1.29 is 14.6 Å². The van der Waals surface area contributed by atoms with E-state index in [0.717, 1.165) is 49.1 Å². The van der Waals surface area contributed by atoms with E-state index in [0.29, 0.717) is 29.2 Å². The Kier molecular flexibility index (Phi) is 5.53. The first kappa shape index (κ1) is 21.2. The van der Waals surface area contributed by atoms with E-state index in [9.17, 15) is 14.7 Å². The van der Waals surface area contributed by atoms with E-state index in [1.807, 2.05) is 10.6 Å². The minimum atomic E-state index is -1.20. The first-order valence-corrected chi connectivity index (χ1v) is 11.9. The quantitative estimate of drug-likeness (QED) is 0.504. The van der Waals surface area contributed by atoms with Gasteiger partial charge < -0.3 is 25.5 Å². The first-order chi connectivity index (χ1) is 15.5. The van der Waals surface area contributed by atoms with Gasteiger partial charge in [0.15, 0.2) is 5.75 Å². The Bertz CT molecular complexity index is 1260. The van der Waals surface area contributed by atoms with Crippen molar-refractivity contribution >= 4 is 28.2 Å². The van der Waals surface area contributed by atoms with Crippen LogP contribution in [-0.4, -0.2) is 35.8 Å². The highest BCUT2D eigenvalue weighted by Crippen LogP contribution is 2.46. The second-order valence-electron chi connectivity index (χ2n) is 8.53. The molecule has 0 saturated heterocycles. The van der Waals surface area contributed by atoms with E-state index in [2.05, 4.69) is 11.4 Å². The van der Waals surface area contributed by atoms with Crippen LogP contribution in [0.1, 0.15) is 58.6 Å². The Labute approximate surface area is 189 Å². The molecule has 168 valence electrons. The third-order valence-corrected chi connectivity index (χ3v) is 7.68. The molecule has 2 aliphatic rings. The predicted molar refractivity (Wildman–Crippen MR) is 126 cm³/mol. The molecule has 1 unspecified atom stereocenters. The summed E-state index contributed by atoms with van der Waals surface area (Å²) >= 11 is 1.77. The highest BCUT2D eigenvalue weighted by molar-refractivity contribution is 7.15. The van der Waals surface area contributed by atoms with Gasteiger partial charge >= 0.3 is 5.97 Å². The van der Waals surface area contributed by atoms with Gasteiger partial charge in [-0.15, -0.1) is 11.3 Å². The molecule has 0 radical (unpaired) electrons. The number of nitrogens with one attached hydrogen (secondary N) is 1. The zero-order valence-corrected chi connectivity index (χ0v) is 18.8. The summed E-state index contributed by atoms with van der Waals surface area (Å²) in [4.78, 5) is 27.1. The van der Waals surface area contributed by atoms with Crippen molar-refractivity contribution in [3.05, 3.63) is 50.6 Å². The third kappa shape index (κ3) is 3.52. The number of carboxylic acids is 1. The lowest BCUT2D eigenvalue weighted by Crippen LogP contribution is -2.29. The van der Waals surface area contributed by atoms with Gasteiger partial charge in [0, 0.05) is 46.7 Å². The van der Waals surface area contributed by atoms with Gasteiger partial charge in [0.2, 0.25) is 5.43 Å². The molecule has 7 nitrogen and oxygen atoms in total. The molecule has 32 heavy (non-hydrogen) atoms. The largest absolute Gasteiger partial charge is 0.494 e. The van der Waals surface area contributed by atoms with Crippen LogP contribution in [0.3, 0.4) is 0 Å². The number of ether oxygens (including phenoxy) is 1. The molecule has 1 aromatic carbocycles. The fourth-order valence-electron chi connectivity index (χ4n) is 4.77. The Morgan fingerprint density at radius 2 is 2.16 bits per heavy atom. The third-order valence-electron chi connectivity index (χ3n) is 6.44. The molecule has 5 rings (SSSR count). The van der Waals surface area contributed by atoms with Crippen molar-refractivity contribution in [3.63, 3.8) is 0 Å². The molecule has 1 saturated carbocycles. The Hall–Kier alpha value is -2.68. The summed E-state index contributed by atoms with van der Waals surface area (Å²) < 4.78 is 7.81. The number of carbonyl (C=O) groups is 1. The topological polar surface area (TPSA) is 107 Å². The highest BCUT2D eigenvalue weighted by Gasteiger charge is 2.30. The van der Waals surface area contributed by atoms with Gasteiger partial charge in [-0.25, -0.2) is 4.79 Å². The average molecular weight is 454 g/mol. The molecule has 0 spiro atoms. The van der Waals surface area contributed by atoms with Crippen LogP contribution in [-0.2, 0) is 6.42 Å². The maximum absolute atomic E-state index is 12.9. The second-order valence-corrected chi connectivity index (χ2v) is 9.67. The number of carboxylic acid groups (broad SMARTS) is 1. The van der Waals surface area contributed by atoms with Crippen LogP contribution in [0.2, 0.25) is 0 Å². The van der Waals surface area contributed by atoms with Crippen molar-refractivity contribution in [2.45, 2.75) is 44.2 Å². The number of thiophene rings is 1. The van der Waals surface area contributed by atoms with Gasteiger partial charge in [0.25, 0.3) is 0 Å². The number of rotatable bonds is 7. The smallest absolute Gasteiger partial charge is 0.341 e. The number of fused-ring (bicyclic) bond motifs is 2. The molecule has 2 aromatic heterocycles. The number of aromatic carboxylic acids is 1. The summed E-state index contributed by atoms with van der Waals surface area (Å²) in [6.07, 6.45) is 6.72. The second kappa shape index (κ2) is 8.35. The number of benzene rings is 1. The summed E-state index contributed by atoms with van der Waals surface area (Å²) in [5.41, 5.74) is 7.99. The summed E-state index contributed by atoms with van der Waals surface area (Å²) in [5, 5.41) is 13.5. The lowest BCUT2D eigenvalue weighted by Gasteiger charge is -2.23. The lowest BCUT2D eigenvalue weighted by molar-refractivity contribution is 0.0695. The highest BCUT2D eigenvalue weighted by atomic mass is 32.1. The van der Waals surface area contributed by atoms with Crippen LogP contribution in [0, 0.1) is 0 Å². The van der Waals surface area contributed by atoms with E-state index >= 15 is 0 Å². The Morgan fingerprint density at radius 3 is 2.84 bits per heavy atom. The van der Waals surface area contributed by atoms with E-state index < -0.39 is 11.4 Å². The number of methoxy groups -OCH3 is 1. The van der Waals surface area contributed by atoms with E-state index in [1.165, 1.54) is 16.6 Å². The molecule has 2 aliphatic carbocycles. The van der Waals surface area contributed by atoms with Crippen molar-refractivity contribution in [1.29, 1.82) is 0 Å². The van der Waals surface area contributed by atoms with Crippen LogP contribution in [0.25, 0.3) is 21.3 Å². The minimum Gasteiger partial charge on any atom is -0.494 e. The molecule has 1 atom stereocenters. The molecule has 1 fully saturated rings. The van der Waals surface area contributed by atoms with Crippen molar-refractivity contribution in [1.82, 2.24) is 9.88 Å². The minimum absolute atomic E-state index is 0.195. The Balaban J connectivity index is 1.69. The molecule has 3 aromatic rings. The van der Waals surface area contributed by atoms with Gasteiger partial charge in [-0.2, -0.15) is 0 Å². The monoisotopic (exact) mass is 453 g/mol. The Morgan fingerprint density at radius 1 is 1.34 bits per heavy atom. The summed E-state index contributed by atoms with van der Waals surface area (Å²) in [7, 11) is 1.62. The predicted octanol–water partition coefficient (Wildman–Crippen LogP) is 3.70. The number of aromatic nitrogens is 1. The number of nitrogens with zero attached hydrogens (tertiary/aromatic N) is 1. The molecular formula is C24H27N3O4S. The van der Waals surface area contributed by atoms with Gasteiger partial charge in [-0.05, 0) is 55.9 Å². The van der Waals surface area contributed by atoms with Crippen LogP contribution < -0.4 is 21.2 Å². The molecule has 4 N–H and O–H groups in total. The lowest BCUT2D eigenvalue weighted by atomic mass is 9.93. The SMILES string of the molecule is COc1c(-c2cc3c(s2)CCCC3NCCN)ccc2c(=O)c(C(=O)O)cn(C3CC3)c12. The number of aryl methyl sites for hydroxylation is 1. The van der Waals surface area contributed by atoms with Crippen LogP contribution in [0.15, 0.2) is 29.2 Å². The number of pyridine rings is 1. The summed E-state index contributed by atoms with van der Waals surface area (Å²) in [5.74, 6) is -0.565. The normalized spacial score (nSPS) is 18.0. The van der Waals surface area contributed by atoms with Crippen molar-refractivity contribution in [2.75, 3.05) is 20.2 Å². The zero-order valence-electron chi connectivity index (χ0n) is 18.0. The fourth-order valence-corrected chi connectivity index (χ4v) is 6.06. The number of nitrogens with two attached hydrogens (primary N) is 1. The fraction of sp³-hybridized carbons (Fsp3) is 0.417. The summed E-state index contributed by atoms with van der Waals surface area (Å²) in [6.45, 7) is 1.40. The van der Waals surface area contributed by atoms with Gasteiger partial charge in [-0.1, -0.05) is 0 Å². The van der Waals surface area contributed by atoms with E-state index in [4.69, 9.17) is 10.5 Å². The maximum Gasteiger partial charge on any atom is 0.341 e. The van der Waals surface area contributed by atoms with Crippen molar-refractivity contribution in [2.24, 2.45) is 5.73 Å². The molecule has 2 heterocycles. The van der Waals surface area contributed by atoms with Crippen molar-refractivity contribution in [3.8, 4) is 16.2 Å². The molecule has 8 heteroatoms. The molecule has 0 amide bonds. The number of hydrogen-bond acceptors (Lipinski definition) is 6. The number of hydrogen-bond donors (Lipinski definition) is 3. The van der Waals surface area contributed by atoms with Crippen LogP contribution in [0.4, 0.5) is 0 Å². The van der Waals surface area contributed by atoms with Crippen LogP contribution >= 0.6 is 11.3 Å². The molecular weight excluding hydrogens is 426 g/mol. The first-order valence-electron chi connectivity index (χ1n) is 11.1. The standard InChI is InChI=1S/C24H27N3O4S/c1-31-23-14(20-11-16-18(26-10-9-25)3-2-4-19(16)32-20)7-8-15-21(23)27(13-5-6-13)12-17(22(15)28)24(29)30/h7-8,11-13,18,26H,2-6,9-10,25H2,1H3,(H,29,30). The maximum atomic E-state index is 12.9. The summed E-state index contributed by atoms with van der Waals surface area (Å²) in [6, 6.07) is 6.39. The van der Waals surface area contributed by atoms with Gasteiger partial charge in [-0.3, -0.25) is 4.79 Å².